The fourth-order valence-electron chi connectivity index (χ4n) is 6.17. The van der Waals surface area contributed by atoms with E-state index in [9.17, 15) is 9.90 Å². The van der Waals surface area contributed by atoms with E-state index in [1.807, 2.05) is 63.2 Å². The Balaban J connectivity index is 1.21. The molecule has 0 amide bonds. The number of hydrogen-bond donors (Lipinski definition) is 3. The molecule has 6 rings (SSSR count). The zero-order chi connectivity index (χ0) is 31.7. The zero-order valence-electron chi connectivity index (χ0n) is 25.6. The summed E-state index contributed by atoms with van der Waals surface area (Å²) in [7, 11) is 0. The van der Waals surface area contributed by atoms with Crippen molar-refractivity contribution in [2.45, 2.75) is 58.5 Å². The fourth-order valence-corrected chi connectivity index (χ4v) is 6.17. The highest BCUT2D eigenvalue weighted by Gasteiger charge is 2.43. The highest BCUT2D eigenvalue weighted by Crippen LogP contribution is 2.41. The molecule has 0 radical (unpaired) electrons. The number of aliphatic carboxylic acids is 1. The first-order valence-corrected chi connectivity index (χ1v) is 15.2. The Labute approximate surface area is 261 Å². The average Bonchev–Trinajstić information content (AvgIpc) is 3.63. The summed E-state index contributed by atoms with van der Waals surface area (Å²) < 4.78 is 29.2. The van der Waals surface area contributed by atoms with Crippen molar-refractivity contribution in [1.29, 1.82) is 0 Å². The zero-order valence-corrected chi connectivity index (χ0v) is 25.6. The summed E-state index contributed by atoms with van der Waals surface area (Å²) in [5.74, 6) is 0.508. The minimum Gasteiger partial charge on any atom is -0.491 e. The van der Waals surface area contributed by atoms with E-state index in [1.54, 1.807) is 23.0 Å². The summed E-state index contributed by atoms with van der Waals surface area (Å²) in [4.78, 5) is 22.1. The molecule has 236 valence electrons. The van der Waals surface area contributed by atoms with Crippen molar-refractivity contribution in [3.05, 3.63) is 72.1 Å². The lowest BCUT2D eigenvalue weighted by molar-refractivity contribution is -0.139. The maximum Gasteiger partial charge on any atom is 0.320 e. The van der Waals surface area contributed by atoms with Crippen molar-refractivity contribution in [2.75, 3.05) is 30.3 Å². The summed E-state index contributed by atoms with van der Waals surface area (Å²) in [5.41, 5.74) is 9.42. The summed E-state index contributed by atoms with van der Waals surface area (Å²) in [6, 6.07) is 16.1. The third-order valence-corrected chi connectivity index (χ3v) is 8.54. The van der Waals surface area contributed by atoms with Crippen LogP contribution in [-0.2, 0) is 4.79 Å². The molecule has 4 N–H and O–H groups in total. The van der Waals surface area contributed by atoms with Crippen molar-refractivity contribution >= 4 is 17.7 Å². The molecular formula is C33H38FN7O4. The number of anilines is 2. The molecule has 2 atom stereocenters. The molecule has 1 spiro atoms. The lowest BCUT2D eigenvalue weighted by Crippen LogP contribution is -2.41. The third-order valence-electron chi connectivity index (χ3n) is 8.54. The Morgan fingerprint density at radius 1 is 1.07 bits per heavy atom. The smallest absolute Gasteiger partial charge is 0.320 e. The number of alkyl halides is 1. The number of ether oxygens (including phenoxy) is 2. The van der Waals surface area contributed by atoms with Gasteiger partial charge in [-0.2, -0.15) is 19.5 Å². The van der Waals surface area contributed by atoms with Crippen LogP contribution in [0.3, 0.4) is 0 Å². The second-order valence-corrected chi connectivity index (χ2v) is 12.2. The van der Waals surface area contributed by atoms with Crippen molar-refractivity contribution in [3.8, 4) is 28.4 Å². The maximum absolute atomic E-state index is 16.0. The number of nitrogens with one attached hydrogen (secondary N) is 1. The molecule has 2 aromatic carbocycles. The van der Waals surface area contributed by atoms with Gasteiger partial charge in [0.25, 0.3) is 6.36 Å². The number of carboxylic acids is 1. The molecule has 1 unspecified atom stereocenters. The van der Waals surface area contributed by atoms with Crippen LogP contribution in [0.2, 0.25) is 0 Å². The third kappa shape index (κ3) is 6.70. The number of piperidine rings is 1. The molecule has 2 fully saturated rings. The van der Waals surface area contributed by atoms with E-state index in [1.165, 1.54) is 0 Å². The summed E-state index contributed by atoms with van der Waals surface area (Å²) in [6.07, 6.45) is 2.21. The molecule has 2 saturated heterocycles. The monoisotopic (exact) mass is 615 g/mol. The van der Waals surface area contributed by atoms with Crippen LogP contribution in [-0.4, -0.2) is 62.6 Å². The van der Waals surface area contributed by atoms with E-state index in [-0.39, 0.29) is 28.9 Å². The van der Waals surface area contributed by atoms with Gasteiger partial charge < -0.3 is 30.5 Å². The molecule has 0 aliphatic carbocycles. The maximum atomic E-state index is 16.0. The Morgan fingerprint density at radius 3 is 2.44 bits per heavy atom. The van der Waals surface area contributed by atoms with Gasteiger partial charge in [-0.1, -0.05) is 18.2 Å². The van der Waals surface area contributed by atoms with Crippen LogP contribution in [0.4, 0.5) is 16.2 Å². The van der Waals surface area contributed by atoms with Crippen LogP contribution in [0.1, 0.15) is 50.7 Å². The molecule has 45 heavy (non-hydrogen) atoms. The number of aromatic nitrogens is 4. The van der Waals surface area contributed by atoms with Crippen LogP contribution in [0.5, 0.6) is 11.6 Å². The Morgan fingerprint density at radius 2 is 1.80 bits per heavy atom. The van der Waals surface area contributed by atoms with Gasteiger partial charge in [0, 0.05) is 31.9 Å². The number of halogens is 1. The summed E-state index contributed by atoms with van der Waals surface area (Å²) >= 11 is 0. The standard InChI is InChI=1S/C33H38FN7O4/c1-20(2)44-24-7-4-22(5-8-24)23-6-9-25(27(16-23)41-13-10-21(3)39-41)30(34)45-29-17-28(37-32(35)38-29)40-14-11-33(12-15-40)18-26(31(42)43)36-19-33/h4-10,13,16-17,20,26,30,36H,11-12,14-15,18-19H2,1-3H3,(H,42,43)(H2,35,37,38)/t26?,30-/m0/s1. The van der Waals surface area contributed by atoms with Crippen LogP contribution in [0, 0.1) is 12.3 Å². The molecule has 2 aliphatic heterocycles. The lowest BCUT2D eigenvalue weighted by Gasteiger charge is -2.39. The topological polar surface area (TPSA) is 141 Å². The van der Waals surface area contributed by atoms with E-state index in [2.05, 4.69) is 25.3 Å². The molecular weight excluding hydrogens is 577 g/mol. The molecule has 4 aromatic rings. The Kier molecular flexibility index (Phi) is 8.32. The van der Waals surface area contributed by atoms with Gasteiger partial charge in [-0.15, -0.1) is 0 Å². The van der Waals surface area contributed by atoms with Gasteiger partial charge in [-0.3, -0.25) is 4.79 Å². The van der Waals surface area contributed by atoms with Crippen molar-refractivity contribution < 1.29 is 23.8 Å². The normalized spacial score (nSPS) is 18.3. The number of rotatable bonds is 9. The second-order valence-electron chi connectivity index (χ2n) is 12.2. The second kappa shape index (κ2) is 12.4. The first kappa shape index (κ1) is 30.3. The minimum absolute atomic E-state index is 0.0196. The SMILES string of the molecule is Cc1ccn(-c2cc(-c3ccc(OC(C)C)cc3)ccc2[C@@H](F)Oc2cc(N3CCC4(CC3)CNC(C(=O)O)C4)nc(N)n2)n1. The molecule has 2 aromatic heterocycles. The number of benzene rings is 2. The van der Waals surface area contributed by atoms with Crippen molar-refractivity contribution in [3.63, 3.8) is 0 Å². The number of nitrogen functional groups attached to an aromatic ring is 1. The number of hydrogen-bond acceptors (Lipinski definition) is 9. The number of aryl methyl sites for hydroxylation is 1. The molecule has 0 saturated carbocycles. The minimum atomic E-state index is -1.87. The first-order valence-electron chi connectivity index (χ1n) is 15.2. The molecule has 4 heterocycles. The summed E-state index contributed by atoms with van der Waals surface area (Å²) in [6.45, 7) is 7.84. The van der Waals surface area contributed by atoms with Gasteiger partial charge in [0.15, 0.2) is 0 Å². The van der Waals surface area contributed by atoms with E-state index in [4.69, 9.17) is 15.2 Å². The highest BCUT2D eigenvalue weighted by atomic mass is 19.1. The predicted octanol–water partition coefficient (Wildman–Crippen LogP) is 5.09. The number of carbonyl (C=O) groups is 1. The van der Waals surface area contributed by atoms with Gasteiger partial charge in [-0.25, -0.2) is 4.68 Å². The van der Waals surface area contributed by atoms with Crippen LogP contribution in [0.25, 0.3) is 16.8 Å². The Bertz CT molecular complexity index is 1670. The van der Waals surface area contributed by atoms with Crippen LogP contribution >= 0.6 is 0 Å². The molecule has 0 bridgehead atoms. The molecule has 12 heteroatoms. The van der Waals surface area contributed by atoms with E-state index >= 15 is 4.39 Å². The lowest BCUT2D eigenvalue weighted by atomic mass is 9.76. The van der Waals surface area contributed by atoms with Crippen LogP contribution < -0.4 is 25.4 Å². The number of nitrogens with two attached hydrogens (primary N) is 1. The van der Waals surface area contributed by atoms with E-state index in [0.29, 0.717) is 37.6 Å². The van der Waals surface area contributed by atoms with Gasteiger partial charge in [0.2, 0.25) is 11.8 Å². The summed E-state index contributed by atoms with van der Waals surface area (Å²) in [5, 5.41) is 17.1. The van der Waals surface area contributed by atoms with Gasteiger partial charge in [0.1, 0.15) is 17.6 Å². The van der Waals surface area contributed by atoms with Crippen molar-refractivity contribution in [2.24, 2.45) is 5.41 Å². The predicted molar refractivity (Wildman–Crippen MR) is 168 cm³/mol. The fraction of sp³-hybridized carbons (Fsp3) is 0.394. The number of carboxylic acid groups (broad SMARTS) is 1. The van der Waals surface area contributed by atoms with E-state index < -0.39 is 18.4 Å². The first-order chi connectivity index (χ1) is 21.6. The average molecular weight is 616 g/mol. The van der Waals surface area contributed by atoms with Gasteiger partial charge in [-0.05, 0) is 86.9 Å². The highest BCUT2D eigenvalue weighted by molar-refractivity contribution is 5.74. The Hall–Kier alpha value is -4.71. The number of nitrogens with zero attached hydrogens (tertiary/aromatic N) is 5. The van der Waals surface area contributed by atoms with E-state index in [0.717, 1.165) is 35.4 Å². The largest absolute Gasteiger partial charge is 0.491 e. The van der Waals surface area contributed by atoms with Gasteiger partial charge >= 0.3 is 5.97 Å². The van der Waals surface area contributed by atoms with Crippen LogP contribution in [0.15, 0.2) is 60.8 Å². The molecule has 11 nitrogen and oxygen atoms in total. The van der Waals surface area contributed by atoms with Gasteiger partial charge in [0.05, 0.1) is 23.0 Å². The quantitative estimate of drug-likeness (QED) is 0.233. The van der Waals surface area contributed by atoms with Crippen molar-refractivity contribution in [1.82, 2.24) is 25.1 Å². The molecule has 2 aliphatic rings.